The van der Waals surface area contributed by atoms with Crippen LogP contribution in [0.4, 0.5) is 0 Å². The molecule has 0 aromatic rings. The molecule has 1 saturated heterocycles. The van der Waals surface area contributed by atoms with E-state index in [2.05, 4.69) is 6.08 Å². The molecule has 1 heterocycles. The summed E-state index contributed by atoms with van der Waals surface area (Å²) in [6.45, 7) is 0.759. The standard InChI is InChI=1S/C24H30O6/c1-28-23-19(30-21(27)14-10-5-3-2-4-9-13-20(25)26)15-16-24(17-29-24)22(23)18-11-7-6-8-12-18/h2-5,9-11,13-14,19,22-23H,6-8,12,15-17H2,1H3,(H,25,26)/b4-2+,5-3+,13-9+,14-10+/t19-,22+,23-,24+/m1/s1. The van der Waals surface area contributed by atoms with Gasteiger partial charge in [0.15, 0.2) is 0 Å². The number of carboxylic acids is 1. The first-order valence-corrected chi connectivity index (χ1v) is 10.5. The highest BCUT2D eigenvalue weighted by Crippen LogP contribution is 2.52. The number of methoxy groups -OCH3 is 1. The lowest BCUT2D eigenvalue weighted by molar-refractivity contribution is -0.160. The summed E-state index contributed by atoms with van der Waals surface area (Å²) in [7, 11) is 1.69. The van der Waals surface area contributed by atoms with Crippen LogP contribution in [0.1, 0.15) is 38.5 Å². The van der Waals surface area contributed by atoms with Gasteiger partial charge < -0.3 is 19.3 Å². The number of rotatable bonds is 8. The fraction of sp³-hybridized carbons (Fsp3) is 0.500. The van der Waals surface area contributed by atoms with Crippen molar-refractivity contribution in [3.8, 4) is 0 Å². The number of hydrogen-bond acceptors (Lipinski definition) is 5. The smallest absolute Gasteiger partial charge is 0.331 e. The fourth-order valence-electron chi connectivity index (χ4n) is 4.46. The summed E-state index contributed by atoms with van der Waals surface area (Å²) >= 11 is 0. The third-order valence-corrected chi connectivity index (χ3v) is 5.92. The van der Waals surface area contributed by atoms with E-state index in [9.17, 15) is 9.59 Å². The zero-order valence-electron chi connectivity index (χ0n) is 17.4. The Kier molecular flexibility index (Phi) is 7.82. The molecule has 1 N–H and O–H groups in total. The Bertz CT molecular complexity index is 769. The highest BCUT2D eigenvalue weighted by atomic mass is 16.6. The van der Waals surface area contributed by atoms with Gasteiger partial charge in [-0.3, -0.25) is 0 Å². The van der Waals surface area contributed by atoms with Gasteiger partial charge in [-0.25, -0.2) is 9.59 Å². The first-order chi connectivity index (χ1) is 14.6. The predicted molar refractivity (Wildman–Crippen MR) is 113 cm³/mol. The summed E-state index contributed by atoms with van der Waals surface area (Å²) < 4.78 is 17.5. The zero-order chi connectivity index (χ0) is 21.4. The van der Waals surface area contributed by atoms with Crippen molar-refractivity contribution in [1.82, 2.24) is 0 Å². The molecule has 3 aliphatic rings. The van der Waals surface area contributed by atoms with Crippen molar-refractivity contribution in [2.75, 3.05) is 13.7 Å². The van der Waals surface area contributed by atoms with Crippen LogP contribution in [0, 0.1) is 5.92 Å². The summed E-state index contributed by atoms with van der Waals surface area (Å²) in [5.41, 5.74) is 1.26. The number of carbonyl (C=O) groups is 2. The molecule has 0 unspecified atom stereocenters. The zero-order valence-corrected chi connectivity index (χ0v) is 17.4. The molecule has 2 aliphatic carbocycles. The summed E-state index contributed by atoms with van der Waals surface area (Å²) in [4.78, 5) is 22.7. The van der Waals surface area contributed by atoms with E-state index in [0.29, 0.717) is 0 Å². The average Bonchev–Trinajstić information content (AvgIpc) is 3.51. The van der Waals surface area contributed by atoms with Gasteiger partial charge in [-0.2, -0.15) is 0 Å². The lowest BCUT2D eigenvalue weighted by Crippen LogP contribution is -2.50. The lowest BCUT2D eigenvalue weighted by Gasteiger charge is -2.42. The molecular weight excluding hydrogens is 384 g/mol. The fourth-order valence-corrected chi connectivity index (χ4v) is 4.46. The third-order valence-electron chi connectivity index (χ3n) is 5.92. The van der Waals surface area contributed by atoms with Gasteiger partial charge in [0.1, 0.15) is 17.8 Å². The van der Waals surface area contributed by atoms with Gasteiger partial charge in [0.05, 0.1) is 6.61 Å². The molecule has 3 rings (SSSR count). The van der Waals surface area contributed by atoms with Gasteiger partial charge in [-0.15, -0.1) is 0 Å². The Morgan fingerprint density at radius 3 is 2.43 bits per heavy atom. The average molecular weight is 414 g/mol. The molecule has 1 aliphatic heterocycles. The monoisotopic (exact) mass is 414 g/mol. The van der Waals surface area contributed by atoms with Crippen molar-refractivity contribution >= 4 is 11.9 Å². The predicted octanol–water partition coefficient (Wildman–Crippen LogP) is 3.90. The Morgan fingerprint density at radius 1 is 1.13 bits per heavy atom. The Balaban J connectivity index is 1.56. The van der Waals surface area contributed by atoms with Crippen molar-refractivity contribution in [3.05, 3.63) is 60.3 Å². The normalized spacial score (nSPS) is 31.8. The van der Waals surface area contributed by atoms with Gasteiger partial charge in [0.25, 0.3) is 0 Å². The number of ether oxygens (including phenoxy) is 3. The number of allylic oxidation sites excluding steroid dienone is 7. The number of hydrogen-bond donors (Lipinski definition) is 1. The van der Waals surface area contributed by atoms with E-state index in [1.807, 2.05) is 0 Å². The van der Waals surface area contributed by atoms with Crippen LogP contribution in [-0.2, 0) is 23.8 Å². The Hall–Kier alpha value is -2.44. The van der Waals surface area contributed by atoms with Gasteiger partial charge in [-0.05, 0) is 38.5 Å². The van der Waals surface area contributed by atoms with Crippen LogP contribution in [-0.4, -0.2) is 48.6 Å². The summed E-state index contributed by atoms with van der Waals surface area (Å²) in [5.74, 6) is -1.24. The van der Waals surface area contributed by atoms with Crippen molar-refractivity contribution in [1.29, 1.82) is 0 Å². The summed E-state index contributed by atoms with van der Waals surface area (Å²) in [6, 6.07) is 0. The van der Waals surface area contributed by atoms with Crippen molar-refractivity contribution in [3.63, 3.8) is 0 Å². The largest absolute Gasteiger partial charge is 0.478 e. The van der Waals surface area contributed by atoms with E-state index in [1.54, 1.807) is 37.5 Å². The van der Waals surface area contributed by atoms with Crippen molar-refractivity contribution in [2.45, 2.75) is 56.3 Å². The van der Waals surface area contributed by atoms with Crippen molar-refractivity contribution in [2.24, 2.45) is 5.92 Å². The Labute approximate surface area is 177 Å². The molecule has 0 amide bonds. The molecule has 1 saturated carbocycles. The van der Waals surface area contributed by atoms with Crippen LogP contribution < -0.4 is 0 Å². The van der Waals surface area contributed by atoms with E-state index < -0.39 is 11.9 Å². The molecule has 162 valence electrons. The maximum absolute atomic E-state index is 12.3. The van der Waals surface area contributed by atoms with Gasteiger partial charge in [0, 0.05) is 25.2 Å². The second-order valence-electron chi connectivity index (χ2n) is 7.90. The first kappa shape index (κ1) is 22.2. The number of esters is 1. The van der Waals surface area contributed by atoms with Crippen LogP contribution in [0.3, 0.4) is 0 Å². The quantitative estimate of drug-likeness (QED) is 0.213. The molecule has 0 aromatic carbocycles. The minimum atomic E-state index is -0.996. The molecule has 6 heteroatoms. The van der Waals surface area contributed by atoms with Crippen LogP contribution in [0.25, 0.3) is 0 Å². The second-order valence-corrected chi connectivity index (χ2v) is 7.90. The molecule has 0 aromatic heterocycles. The number of epoxide rings is 1. The minimum absolute atomic E-state index is 0.132. The minimum Gasteiger partial charge on any atom is -0.478 e. The van der Waals surface area contributed by atoms with Crippen LogP contribution in [0.2, 0.25) is 0 Å². The number of aliphatic carboxylic acids is 1. The molecule has 0 bridgehead atoms. The van der Waals surface area contributed by atoms with E-state index in [-0.39, 0.29) is 23.7 Å². The molecule has 30 heavy (non-hydrogen) atoms. The summed E-state index contributed by atoms with van der Waals surface area (Å²) in [6.07, 6.45) is 20.1. The first-order valence-electron chi connectivity index (χ1n) is 10.5. The SMILES string of the molecule is CO[C@@H]1[C@H](OC(=O)/C=C/C=C/C=C/C=C/C(=O)O)CC[C@]2(CO2)[C@H]1C1=CCCCC1. The molecule has 4 atom stereocenters. The number of carboxylic acid groups (broad SMARTS) is 1. The van der Waals surface area contributed by atoms with Gasteiger partial charge in [-0.1, -0.05) is 48.1 Å². The molecule has 0 radical (unpaired) electrons. The van der Waals surface area contributed by atoms with E-state index in [4.69, 9.17) is 19.3 Å². The van der Waals surface area contributed by atoms with Gasteiger partial charge >= 0.3 is 11.9 Å². The highest BCUT2D eigenvalue weighted by molar-refractivity contribution is 5.82. The van der Waals surface area contributed by atoms with Crippen LogP contribution in [0.5, 0.6) is 0 Å². The van der Waals surface area contributed by atoms with Gasteiger partial charge in [0.2, 0.25) is 0 Å². The Morgan fingerprint density at radius 2 is 1.83 bits per heavy atom. The van der Waals surface area contributed by atoms with Crippen molar-refractivity contribution < 1.29 is 28.9 Å². The van der Waals surface area contributed by atoms with E-state index in [0.717, 1.165) is 38.4 Å². The molecule has 6 nitrogen and oxygen atoms in total. The topological polar surface area (TPSA) is 85.4 Å². The highest BCUT2D eigenvalue weighted by Gasteiger charge is 2.60. The molecule has 1 spiro atoms. The van der Waals surface area contributed by atoms with Crippen LogP contribution in [0.15, 0.2) is 60.3 Å². The molecule has 2 fully saturated rings. The van der Waals surface area contributed by atoms with Crippen LogP contribution >= 0.6 is 0 Å². The number of carbonyl (C=O) groups excluding carboxylic acids is 1. The summed E-state index contributed by atoms with van der Waals surface area (Å²) in [5, 5.41) is 8.49. The van der Waals surface area contributed by atoms with E-state index in [1.165, 1.54) is 30.6 Å². The second kappa shape index (κ2) is 10.5. The lowest BCUT2D eigenvalue weighted by atomic mass is 9.69. The maximum atomic E-state index is 12.3. The maximum Gasteiger partial charge on any atom is 0.331 e. The van der Waals surface area contributed by atoms with E-state index >= 15 is 0 Å². The molecular formula is C24H30O6. The third kappa shape index (κ3) is 5.80.